The van der Waals surface area contributed by atoms with Crippen molar-refractivity contribution in [3.63, 3.8) is 0 Å². The van der Waals surface area contributed by atoms with Gasteiger partial charge in [0.05, 0.1) is 11.3 Å². The molecular weight excluding hydrogens is 256 g/mol. The normalized spacial score (nSPS) is 13.1. The van der Waals surface area contributed by atoms with Crippen LogP contribution >= 0.6 is 11.6 Å². The second-order valence-corrected chi connectivity index (χ2v) is 5.27. The number of fused-ring (bicyclic) bond motifs is 1. The molecule has 1 aliphatic rings. The summed E-state index contributed by atoms with van der Waals surface area (Å²) in [4.78, 5) is 4.46. The fourth-order valence-electron chi connectivity index (χ4n) is 2.69. The largest absolute Gasteiger partial charge is 0.234 e. The Hall–Kier alpha value is -1.85. The molecule has 0 fully saturated rings. The molecule has 0 saturated heterocycles. The molecule has 0 saturated carbocycles. The maximum absolute atomic E-state index is 9.21. The Kier molecular flexibility index (Phi) is 3.00. The smallest absolute Gasteiger partial charge is 0.147 e. The highest BCUT2D eigenvalue weighted by atomic mass is 35.5. The van der Waals surface area contributed by atoms with Gasteiger partial charge in [-0.25, -0.2) is 4.98 Å². The summed E-state index contributed by atoms with van der Waals surface area (Å²) in [5, 5.41) is 9.54. The lowest BCUT2D eigenvalue weighted by molar-refractivity contribution is 0.911. The van der Waals surface area contributed by atoms with E-state index in [1.807, 2.05) is 0 Å². The van der Waals surface area contributed by atoms with Gasteiger partial charge in [0.25, 0.3) is 0 Å². The Morgan fingerprint density at radius 2 is 1.84 bits per heavy atom. The van der Waals surface area contributed by atoms with Gasteiger partial charge >= 0.3 is 0 Å². The van der Waals surface area contributed by atoms with Crippen LogP contribution in [0.3, 0.4) is 0 Å². The van der Waals surface area contributed by atoms with Crippen molar-refractivity contribution in [2.75, 3.05) is 0 Å². The van der Waals surface area contributed by atoms with Crippen LogP contribution in [0.1, 0.15) is 28.7 Å². The van der Waals surface area contributed by atoms with E-state index in [0.29, 0.717) is 10.7 Å². The number of halogens is 1. The predicted molar refractivity (Wildman–Crippen MR) is 76.2 cm³/mol. The Morgan fingerprint density at radius 3 is 2.53 bits per heavy atom. The van der Waals surface area contributed by atoms with E-state index in [2.05, 4.69) is 42.2 Å². The minimum atomic E-state index is 0.332. The number of benzene rings is 1. The zero-order chi connectivity index (χ0) is 13.4. The summed E-state index contributed by atoms with van der Waals surface area (Å²) < 4.78 is 0. The van der Waals surface area contributed by atoms with Crippen molar-refractivity contribution in [3.05, 3.63) is 51.7 Å². The average molecular weight is 269 g/mol. The highest BCUT2D eigenvalue weighted by molar-refractivity contribution is 6.30. The third kappa shape index (κ3) is 2.01. The van der Waals surface area contributed by atoms with Crippen LogP contribution < -0.4 is 0 Å². The van der Waals surface area contributed by atoms with Crippen molar-refractivity contribution in [1.82, 2.24) is 4.98 Å². The van der Waals surface area contributed by atoms with E-state index in [1.54, 1.807) is 0 Å². The van der Waals surface area contributed by atoms with Crippen LogP contribution in [0.25, 0.3) is 11.3 Å². The molecule has 0 aliphatic heterocycles. The second-order valence-electron chi connectivity index (χ2n) is 4.91. The molecule has 19 heavy (non-hydrogen) atoms. The van der Waals surface area contributed by atoms with E-state index in [9.17, 15) is 5.26 Å². The average Bonchev–Trinajstić information content (AvgIpc) is 2.88. The maximum atomic E-state index is 9.21. The number of hydrogen-bond donors (Lipinski definition) is 0. The highest BCUT2D eigenvalue weighted by Crippen LogP contribution is 2.35. The first-order valence-electron chi connectivity index (χ1n) is 6.39. The van der Waals surface area contributed by atoms with Crippen LogP contribution in [0.5, 0.6) is 0 Å². The van der Waals surface area contributed by atoms with Crippen LogP contribution in [-0.2, 0) is 12.8 Å². The molecule has 0 spiro atoms. The van der Waals surface area contributed by atoms with Gasteiger partial charge in [-0.05, 0) is 37.3 Å². The molecule has 0 amide bonds. The van der Waals surface area contributed by atoms with Crippen molar-refractivity contribution in [3.8, 4) is 17.3 Å². The maximum Gasteiger partial charge on any atom is 0.147 e. The quantitative estimate of drug-likeness (QED) is 0.731. The number of nitriles is 1. The number of hydrogen-bond acceptors (Lipinski definition) is 2. The highest BCUT2D eigenvalue weighted by Gasteiger charge is 2.23. The van der Waals surface area contributed by atoms with Gasteiger partial charge in [-0.1, -0.05) is 41.4 Å². The SMILES string of the molecule is Cc1ccc(-c2nc(Cl)c(C#N)c3c2CCC3)cc1. The Morgan fingerprint density at radius 1 is 1.16 bits per heavy atom. The van der Waals surface area contributed by atoms with E-state index >= 15 is 0 Å². The molecule has 1 aromatic heterocycles. The summed E-state index contributed by atoms with van der Waals surface area (Å²) in [5.41, 5.74) is 6.10. The third-order valence-corrected chi connectivity index (χ3v) is 3.93. The van der Waals surface area contributed by atoms with Crippen LogP contribution in [0.4, 0.5) is 0 Å². The summed E-state index contributed by atoms with van der Waals surface area (Å²) in [6, 6.07) is 10.5. The number of pyridine rings is 1. The zero-order valence-corrected chi connectivity index (χ0v) is 11.5. The van der Waals surface area contributed by atoms with Crippen LogP contribution in [-0.4, -0.2) is 4.98 Å². The zero-order valence-electron chi connectivity index (χ0n) is 10.7. The van der Waals surface area contributed by atoms with Crippen molar-refractivity contribution >= 4 is 11.6 Å². The lowest BCUT2D eigenvalue weighted by Crippen LogP contribution is -1.98. The first kappa shape index (κ1) is 12.2. The molecule has 0 N–H and O–H groups in total. The lowest BCUT2D eigenvalue weighted by Gasteiger charge is -2.11. The van der Waals surface area contributed by atoms with Crippen LogP contribution in [0.2, 0.25) is 5.15 Å². The Balaban J connectivity index is 2.24. The monoisotopic (exact) mass is 268 g/mol. The molecule has 2 aromatic rings. The summed E-state index contributed by atoms with van der Waals surface area (Å²) in [5.74, 6) is 0. The van der Waals surface area contributed by atoms with E-state index in [1.165, 1.54) is 11.1 Å². The topological polar surface area (TPSA) is 36.7 Å². The molecular formula is C16H13ClN2. The van der Waals surface area contributed by atoms with Gasteiger partial charge in [0.2, 0.25) is 0 Å². The summed E-state index contributed by atoms with van der Waals surface area (Å²) >= 11 is 6.16. The molecule has 0 radical (unpaired) electrons. The van der Waals surface area contributed by atoms with Gasteiger partial charge in [0, 0.05) is 5.56 Å². The minimum absolute atomic E-state index is 0.332. The Labute approximate surface area is 117 Å². The Bertz CT molecular complexity index is 681. The molecule has 0 unspecified atom stereocenters. The molecule has 2 nitrogen and oxygen atoms in total. The number of nitrogens with zero attached hydrogens (tertiary/aromatic N) is 2. The van der Waals surface area contributed by atoms with Gasteiger partial charge < -0.3 is 0 Å². The molecule has 3 rings (SSSR count). The summed E-state index contributed by atoms with van der Waals surface area (Å²) in [6.07, 6.45) is 2.99. The number of aromatic nitrogens is 1. The standard InChI is InChI=1S/C16H13ClN2/c1-10-5-7-11(8-6-10)15-13-4-2-3-12(13)14(9-18)16(17)19-15/h5-8H,2-4H2,1H3. The van der Waals surface area contributed by atoms with Gasteiger partial charge in [0.1, 0.15) is 11.2 Å². The molecule has 1 aliphatic carbocycles. The van der Waals surface area contributed by atoms with Crippen LogP contribution in [0.15, 0.2) is 24.3 Å². The van der Waals surface area contributed by atoms with Gasteiger partial charge in [-0.3, -0.25) is 0 Å². The fourth-order valence-corrected chi connectivity index (χ4v) is 2.93. The van der Waals surface area contributed by atoms with E-state index in [0.717, 1.165) is 36.1 Å². The molecule has 0 atom stereocenters. The van der Waals surface area contributed by atoms with Crippen molar-refractivity contribution in [2.24, 2.45) is 0 Å². The first-order valence-corrected chi connectivity index (χ1v) is 6.77. The molecule has 0 bridgehead atoms. The van der Waals surface area contributed by atoms with Gasteiger partial charge in [-0.15, -0.1) is 0 Å². The van der Waals surface area contributed by atoms with E-state index in [4.69, 9.17) is 11.6 Å². The summed E-state index contributed by atoms with van der Waals surface area (Å²) in [7, 11) is 0. The summed E-state index contributed by atoms with van der Waals surface area (Å²) in [6.45, 7) is 2.06. The first-order chi connectivity index (χ1) is 9.20. The second kappa shape index (κ2) is 4.68. The predicted octanol–water partition coefficient (Wildman–Crippen LogP) is 4.07. The van der Waals surface area contributed by atoms with Crippen molar-refractivity contribution < 1.29 is 0 Å². The minimum Gasteiger partial charge on any atom is -0.234 e. The molecule has 3 heteroatoms. The van der Waals surface area contributed by atoms with Gasteiger partial charge in [-0.2, -0.15) is 5.26 Å². The molecule has 1 aromatic carbocycles. The molecule has 94 valence electrons. The number of rotatable bonds is 1. The molecule has 1 heterocycles. The van der Waals surface area contributed by atoms with Crippen LogP contribution in [0, 0.1) is 18.3 Å². The third-order valence-electron chi connectivity index (χ3n) is 3.66. The number of aryl methyl sites for hydroxylation is 1. The van der Waals surface area contributed by atoms with Crippen molar-refractivity contribution in [2.45, 2.75) is 26.2 Å². The van der Waals surface area contributed by atoms with E-state index < -0.39 is 0 Å². The van der Waals surface area contributed by atoms with Gasteiger partial charge in [0.15, 0.2) is 0 Å². The lowest BCUT2D eigenvalue weighted by atomic mass is 9.99. The van der Waals surface area contributed by atoms with Crippen molar-refractivity contribution in [1.29, 1.82) is 5.26 Å². The van der Waals surface area contributed by atoms with E-state index in [-0.39, 0.29) is 0 Å². The fraction of sp³-hybridized carbons (Fsp3) is 0.250.